The van der Waals surface area contributed by atoms with Crippen LogP contribution in [0.2, 0.25) is 0 Å². The quantitative estimate of drug-likeness (QED) is 0.125. The van der Waals surface area contributed by atoms with Crippen LogP contribution in [0.5, 0.6) is 11.5 Å². The normalized spacial score (nSPS) is 12.2. The van der Waals surface area contributed by atoms with Crippen molar-refractivity contribution in [2.24, 2.45) is 0 Å². The molecule has 0 unspecified atom stereocenters. The maximum absolute atomic E-state index is 13.1. The number of carbonyl (C=O) groups excluding carboxylic acids is 2. The van der Waals surface area contributed by atoms with Gasteiger partial charge in [0.2, 0.25) is 11.6 Å². The van der Waals surface area contributed by atoms with Gasteiger partial charge in [0.1, 0.15) is 46.4 Å². The molecule has 9 nitrogen and oxygen atoms in total. The molecule has 4 aromatic carbocycles. The molecule has 0 saturated carbocycles. The summed E-state index contributed by atoms with van der Waals surface area (Å²) in [6.07, 6.45) is 0. The maximum atomic E-state index is 13.1. The number of rotatable bonds is 6. The van der Waals surface area contributed by atoms with Gasteiger partial charge >= 0.3 is 0 Å². The number of hydrogen-bond acceptors (Lipinski definition) is 9. The Kier molecular flexibility index (Phi) is 6.37. The number of hydrogen-bond donors (Lipinski definition) is 4. The Bertz CT molecular complexity index is 1670. The van der Waals surface area contributed by atoms with Crippen molar-refractivity contribution in [2.75, 3.05) is 21.3 Å². The Morgan fingerprint density at radius 1 is 0.512 bits per heavy atom. The fourth-order valence-corrected chi connectivity index (χ4v) is 4.47. The van der Waals surface area contributed by atoms with E-state index in [4.69, 9.17) is 4.74 Å². The van der Waals surface area contributed by atoms with Gasteiger partial charge in [-0.3, -0.25) is 9.59 Å². The third kappa shape index (κ3) is 4.83. The van der Waals surface area contributed by atoms with Crippen LogP contribution in [-0.2, 0) is 0 Å². The average Bonchev–Trinajstić information content (AvgIpc) is 3.63. The minimum absolute atomic E-state index is 0.0336. The van der Waals surface area contributed by atoms with Crippen molar-refractivity contribution < 1.29 is 14.3 Å². The van der Waals surface area contributed by atoms with Crippen molar-refractivity contribution in [2.45, 2.75) is 0 Å². The Balaban J connectivity index is 1.13. The molecule has 41 heavy (non-hydrogen) atoms. The molecule has 2 aliphatic heterocycles. The van der Waals surface area contributed by atoms with E-state index in [2.05, 4.69) is 21.3 Å². The molecule has 0 aliphatic carbocycles. The zero-order valence-corrected chi connectivity index (χ0v) is 21.4. The lowest BCUT2D eigenvalue weighted by Crippen LogP contribution is -2.12. The summed E-state index contributed by atoms with van der Waals surface area (Å²) in [6, 6.07) is 31.7. The van der Waals surface area contributed by atoms with Gasteiger partial charge in [0.05, 0.1) is 22.7 Å². The van der Waals surface area contributed by atoms with Crippen molar-refractivity contribution in [1.82, 2.24) is 0 Å². The summed E-state index contributed by atoms with van der Waals surface area (Å²) >= 11 is 0. The van der Waals surface area contributed by atoms with Gasteiger partial charge in [0.15, 0.2) is 0 Å². The maximum Gasteiger partial charge on any atom is 0.207 e. The van der Waals surface area contributed by atoms with Crippen molar-refractivity contribution >= 4 is 34.3 Å². The number of allylic oxidation sites excluding steroid dienone is 2. The highest BCUT2D eigenvalue weighted by molar-refractivity contribution is 6.13. The minimum atomic E-state index is -0.429. The number of anilines is 4. The fourth-order valence-electron chi connectivity index (χ4n) is 4.47. The summed E-state index contributed by atoms with van der Waals surface area (Å²) in [6.45, 7) is 0. The highest BCUT2D eigenvalue weighted by Crippen LogP contribution is 2.33. The number of ether oxygens (including phenoxy) is 1. The van der Waals surface area contributed by atoms with E-state index in [1.54, 1.807) is 48.5 Å². The number of carbonyl (C=O) groups is 2. The largest absolute Gasteiger partial charge is 0.457 e. The molecule has 0 spiro atoms. The topological polar surface area (TPSA) is 139 Å². The molecule has 6 rings (SSSR count). The van der Waals surface area contributed by atoms with Crippen molar-refractivity contribution in [3.63, 3.8) is 0 Å². The monoisotopic (exact) mass is 536 g/mol. The molecule has 196 valence electrons. The second-order valence-corrected chi connectivity index (χ2v) is 9.12. The van der Waals surface area contributed by atoms with Crippen LogP contribution >= 0.6 is 0 Å². The lowest BCUT2D eigenvalue weighted by atomic mass is 10.0. The van der Waals surface area contributed by atoms with Gasteiger partial charge in [0.25, 0.3) is 0 Å². The van der Waals surface area contributed by atoms with Crippen LogP contribution in [0.4, 0.5) is 22.7 Å². The molecular weight excluding hydrogens is 516 g/mol. The molecule has 0 bridgehead atoms. The molecule has 4 aromatic rings. The number of benzene rings is 4. The molecule has 2 aliphatic rings. The summed E-state index contributed by atoms with van der Waals surface area (Å²) < 4.78 is 5.88. The van der Waals surface area contributed by atoms with E-state index in [1.807, 2.05) is 60.7 Å². The molecule has 4 N–H and O–H groups in total. The summed E-state index contributed by atoms with van der Waals surface area (Å²) in [5.41, 5.74) is 3.75. The summed E-state index contributed by atoms with van der Waals surface area (Å²) in [5, 5.41) is 31.6. The highest BCUT2D eigenvalue weighted by atomic mass is 16.5. The lowest BCUT2D eigenvalue weighted by Gasteiger charge is -2.09. The van der Waals surface area contributed by atoms with Gasteiger partial charge in [0, 0.05) is 11.1 Å². The molecule has 0 radical (unpaired) electrons. The van der Waals surface area contributed by atoms with Crippen LogP contribution < -0.4 is 26.0 Å². The minimum Gasteiger partial charge on any atom is -0.457 e. The first-order valence-corrected chi connectivity index (χ1v) is 12.6. The molecular formula is C32H20N6O3. The third-order valence-electron chi connectivity index (χ3n) is 6.54. The number of nitrogens with one attached hydrogen (secondary N) is 4. The molecule has 0 saturated heterocycles. The van der Waals surface area contributed by atoms with E-state index in [0.717, 1.165) is 22.7 Å². The number of Topliss-reactive ketones (excluding diaryl/α,β-unsaturated/α-hetero) is 2. The second-order valence-electron chi connectivity index (χ2n) is 9.12. The zero-order chi connectivity index (χ0) is 28.3. The van der Waals surface area contributed by atoms with E-state index in [1.165, 1.54) is 0 Å². The smallest absolute Gasteiger partial charge is 0.207 e. The van der Waals surface area contributed by atoms with Gasteiger partial charge in [-0.15, -0.1) is 0 Å². The van der Waals surface area contributed by atoms with E-state index in [0.29, 0.717) is 34.3 Å². The summed E-state index contributed by atoms with van der Waals surface area (Å²) in [5.74, 6) is 0.755. The Morgan fingerprint density at radius 2 is 0.829 bits per heavy atom. The Labute approximate surface area is 235 Å². The van der Waals surface area contributed by atoms with Gasteiger partial charge in [-0.2, -0.15) is 10.5 Å². The predicted molar refractivity (Wildman–Crippen MR) is 154 cm³/mol. The standard InChI is InChI=1S/C32H20N6O3/c33-17-23(31-35-25-5-1-2-6-26(25)36-31)29(39)19-9-13-21(14-10-19)41-22-15-11-20(12-16-22)30(40)24(18-34)32-37-27-7-3-4-8-28(27)38-32/h1-16,35-38H. The first-order valence-electron chi connectivity index (χ1n) is 12.6. The van der Waals surface area contributed by atoms with E-state index in [9.17, 15) is 20.1 Å². The Hall–Kier alpha value is -6.32. The molecule has 9 heteroatoms. The van der Waals surface area contributed by atoms with Crippen LogP contribution in [0.3, 0.4) is 0 Å². The van der Waals surface area contributed by atoms with Crippen LogP contribution in [0.25, 0.3) is 0 Å². The number of para-hydroxylation sites is 4. The van der Waals surface area contributed by atoms with E-state index in [-0.39, 0.29) is 11.1 Å². The number of fused-ring (bicyclic) bond motifs is 2. The molecule has 0 fully saturated rings. The number of ketones is 2. The van der Waals surface area contributed by atoms with Gasteiger partial charge < -0.3 is 26.0 Å². The SMILES string of the molecule is N#CC(C(=O)c1ccc(Oc2ccc(C(=O)C(C#N)=C3Nc4ccccc4N3)cc2)cc1)=C1Nc2ccccc2N1. The third-order valence-corrected chi connectivity index (χ3v) is 6.54. The summed E-state index contributed by atoms with van der Waals surface area (Å²) in [7, 11) is 0. The number of nitrogens with zero attached hydrogens (tertiary/aromatic N) is 2. The van der Waals surface area contributed by atoms with Gasteiger partial charge in [-0.1, -0.05) is 24.3 Å². The lowest BCUT2D eigenvalue weighted by molar-refractivity contribution is 0.103. The zero-order valence-electron chi connectivity index (χ0n) is 21.4. The Morgan fingerprint density at radius 3 is 1.12 bits per heavy atom. The first kappa shape index (κ1) is 25.0. The second kappa shape index (κ2) is 10.4. The van der Waals surface area contributed by atoms with Crippen molar-refractivity contribution in [1.29, 1.82) is 10.5 Å². The van der Waals surface area contributed by atoms with Crippen LogP contribution in [0.15, 0.2) is 120 Å². The molecule has 0 aromatic heterocycles. The van der Waals surface area contributed by atoms with Crippen molar-refractivity contribution in [3.05, 3.63) is 131 Å². The van der Waals surface area contributed by atoms with Crippen LogP contribution in [-0.4, -0.2) is 11.6 Å². The van der Waals surface area contributed by atoms with Gasteiger partial charge in [-0.25, -0.2) is 0 Å². The van der Waals surface area contributed by atoms with Crippen LogP contribution in [0, 0.1) is 22.7 Å². The van der Waals surface area contributed by atoms with E-state index >= 15 is 0 Å². The predicted octanol–water partition coefficient (Wildman–Crippen LogP) is 6.39. The highest BCUT2D eigenvalue weighted by Gasteiger charge is 2.24. The fraction of sp³-hybridized carbons (Fsp3) is 0. The molecule has 0 amide bonds. The van der Waals surface area contributed by atoms with Gasteiger partial charge in [-0.05, 0) is 72.8 Å². The number of nitriles is 2. The van der Waals surface area contributed by atoms with E-state index < -0.39 is 11.6 Å². The molecule has 0 atom stereocenters. The molecule has 2 heterocycles. The van der Waals surface area contributed by atoms with Crippen LogP contribution in [0.1, 0.15) is 20.7 Å². The average molecular weight is 537 g/mol. The summed E-state index contributed by atoms with van der Waals surface area (Å²) in [4.78, 5) is 26.1. The van der Waals surface area contributed by atoms with Crippen molar-refractivity contribution in [3.8, 4) is 23.6 Å². The first-order chi connectivity index (χ1) is 20.0.